The Hall–Kier alpha value is -3.33. The van der Waals surface area contributed by atoms with Gasteiger partial charge < -0.3 is 19.5 Å². The lowest BCUT2D eigenvalue weighted by Crippen LogP contribution is -2.29. The molecule has 0 aliphatic rings. The van der Waals surface area contributed by atoms with E-state index in [1.165, 1.54) is 38.7 Å². The van der Waals surface area contributed by atoms with E-state index in [9.17, 15) is 9.59 Å². The third kappa shape index (κ3) is 4.15. The Labute approximate surface area is 165 Å². The van der Waals surface area contributed by atoms with E-state index in [1.54, 1.807) is 18.2 Å². The number of amides is 1. The number of anilines is 1. The summed E-state index contributed by atoms with van der Waals surface area (Å²) in [6, 6.07) is 10.1. The van der Waals surface area contributed by atoms with Gasteiger partial charge in [0.1, 0.15) is 12.2 Å². The van der Waals surface area contributed by atoms with Crippen LogP contribution in [0.1, 0.15) is 0 Å². The second kappa shape index (κ2) is 8.57. The molecule has 1 N–H and O–H groups in total. The molecule has 0 saturated heterocycles. The lowest BCUT2D eigenvalue weighted by Gasteiger charge is -2.14. The highest BCUT2D eigenvalue weighted by molar-refractivity contribution is 7.13. The van der Waals surface area contributed by atoms with Gasteiger partial charge in [-0.25, -0.2) is 4.68 Å². The second-order valence-electron chi connectivity index (χ2n) is 5.65. The van der Waals surface area contributed by atoms with Crippen LogP contribution < -0.4 is 25.1 Å². The van der Waals surface area contributed by atoms with Gasteiger partial charge in [-0.3, -0.25) is 9.59 Å². The Morgan fingerprint density at radius 3 is 2.39 bits per heavy atom. The van der Waals surface area contributed by atoms with Gasteiger partial charge in [0, 0.05) is 23.9 Å². The van der Waals surface area contributed by atoms with E-state index in [4.69, 9.17) is 14.2 Å². The van der Waals surface area contributed by atoms with Crippen LogP contribution in [-0.2, 0) is 11.3 Å². The van der Waals surface area contributed by atoms with Gasteiger partial charge in [-0.05, 0) is 17.5 Å². The molecule has 0 aliphatic carbocycles. The highest BCUT2D eigenvalue weighted by atomic mass is 32.1. The molecule has 28 heavy (non-hydrogen) atoms. The Balaban J connectivity index is 1.81. The standard InChI is InChI=1S/C19H19N3O5S/c1-25-14-9-12(10-15(26-2)19(14)27-3)20-17(23)11-22-18(24)7-6-13(21-22)16-5-4-8-28-16/h4-10H,11H2,1-3H3,(H,20,23). The third-order valence-electron chi connectivity index (χ3n) is 3.88. The molecule has 2 aromatic heterocycles. The monoisotopic (exact) mass is 401 g/mol. The van der Waals surface area contributed by atoms with Gasteiger partial charge in [-0.15, -0.1) is 11.3 Å². The first-order valence-electron chi connectivity index (χ1n) is 8.27. The molecule has 3 aromatic rings. The predicted octanol–water partition coefficient (Wildman–Crippen LogP) is 2.64. The average molecular weight is 401 g/mol. The number of hydrogen-bond acceptors (Lipinski definition) is 7. The van der Waals surface area contributed by atoms with Crippen LogP contribution in [-0.4, -0.2) is 37.0 Å². The summed E-state index contributed by atoms with van der Waals surface area (Å²) in [7, 11) is 4.47. The molecular weight excluding hydrogens is 382 g/mol. The molecule has 146 valence electrons. The number of ether oxygens (including phenoxy) is 3. The summed E-state index contributed by atoms with van der Waals surface area (Å²) in [5, 5.41) is 8.92. The van der Waals surface area contributed by atoms with Gasteiger partial charge in [0.25, 0.3) is 5.56 Å². The molecule has 0 atom stereocenters. The largest absolute Gasteiger partial charge is 0.493 e. The van der Waals surface area contributed by atoms with Gasteiger partial charge >= 0.3 is 0 Å². The molecule has 9 heteroatoms. The third-order valence-corrected chi connectivity index (χ3v) is 4.77. The number of aromatic nitrogens is 2. The summed E-state index contributed by atoms with van der Waals surface area (Å²) in [5.74, 6) is 0.830. The van der Waals surface area contributed by atoms with Crippen molar-refractivity contribution < 1.29 is 19.0 Å². The minimum atomic E-state index is -0.410. The summed E-state index contributed by atoms with van der Waals surface area (Å²) in [6.45, 7) is -0.227. The topological polar surface area (TPSA) is 91.7 Å². The normalized spacial score (nSPS) is 10.4. The molecule has 0 unspecified atom stereocenters. The van der Waals surface area contributed by atoms with Crippen molar-refractivity contribution in [2.45, 2.75) is 6.54 Å². The van der Waals surface area contributed by atoms with Crippen molar-refractivity contribution in [3.05, 3.63) is 52.1 Å². The fourth-order valence-corrected chi connectivity index (χ4v) is 3.30. The number of methoxy groups -OCH3 is 3. The van der Waals surface area contributed by atoms with E-state index in [2.05, 4.69) is 10.4 Å². The van der Waals surface area contributed by atoms with Crippen LogP contribution in [0, 0.1) is 0 Å². The number of nitrogens with one attached hydrogen (secondary N) is 1. The van der Waals surface area contributed by atoms with E-state index in [0.29, 0.717) is 28.6 Å². The van der Waals surface area contributed by atoms with Crippen molar-refractivity contribution in [1.82, 2.24) is 9.78 Å². The smallest absolute Gasteiger partial charge is 0.267 e. The molecule has 1 amide bonds. The average Bonchev–Trinajstić information content (AvgIpc) is 3.23. The van der Waals surface area contributed by atoms with Crippen LogP contribution >= 0.6 is 11.3 Å². The number of carbonyl (C=O) groups excluding carboxylic acids is 1. The summed E-state index contributed by atoms with van der Waals surface area (Å²) < 4.78 is 16.9. The number of rotatable bonds is 7. The number of hydrogen-bond donors (Lipinski definition) is 1. The molecule has 0 spiro atoms. The summed E-state index contributed by atoms with van der Waals surface area (Å²) in [5.41, 5.74) is 0.720. The van der Waals surface area contributed by atoms with E-state index in [0.717, 1.165) is 9.56 Å². The summed E-state index contributed by atoms with van der Waals surface area (Å²) >= 11 is 1.51. The Kier molecular flexibility index (Phi) is 5.95. The van der Waals surface area contributed by atoms with Crippen LogP contribution in [0.4, 0.5) is 5.69 Å². The van der Waals surface area contributed by atoms with Crippen LogP contribution in [0.25, 0.3) is 10.6 Å². The van der Waals surface area contributed by atoms with Crippen molar-refractivity contribution in [2.24, 2.45) is 0 Å². The predicted molar refractivity (Wildman–Crippen MR) is 107 cm³/mol. The van der Waals surface area contributed by atoms with Gasteiger partial charge in [0.15, 0.2) is 11.5 Å². The molecule has 2 heterocycles. The van der Waals surface area contributed by atoms with E-state index in [-0.39, 0.29) is 12.1 Å². The molecule has 0 aliphatic heterocycles. The van der Waals surface area contributed by atoms with Crippen LogP contribution in [0.5, 0.6) is 17.2 Å². The molecule has 0 saturated carbocycles. The Morgan fingerprint density at radius 1 is 1.11 bits per heavy atom. The van der Waals surface area contributed by atoms with Crippen molar-refractivity contribution >= 4 is 22.9 Å². The Bertz CT molecular complexity index is 1010. The highest BCUT2D eigenvalue weighted by Gasteiger charge is 2.15. The van der Waals surface area contributed by atoms with E-state index >= 15 is 0 Å². The number of benzene rings is 1. The SMILES string of the molecule is COc1cc(NC(=O)Cn2nc(-c3cccs3)ccc2=O)cc(OC)c1OC. The molecule has 3 rings (SSSR count). The van der Waals surface area contributed by atoms with Crippen molar-refractivity contribution in [3.63, 3.8) is 0 Å². The maximum atomic E-state index is 12.5. The summed E-state index contributed by atoms with van der Waals surface area (Å²) in [4.78, 5) is 25.5. The van der Waals surface area contributed by atoms with Gasteiger partial charge in [-0.2, -0.15) is 5.10 Å². The molecule has 8 nitrogen and oxygen atoms in total. The van der Waals surface area contributed by atoms with Crippen molar-refractivity contribution in [2.75, 3.05) is 26.6 Å². The minimum Gasteiger partial charge on any atom is -0.493 e. The van der Waals surface area contributed by atoms with Gasteiger partial charge in [-0.1, -0.05) is 6.07 Å². The number of thiophene rings is 1. The molecule has 1 aromatic carbocycles. The fraction of sp³-hybridized carbons (Fsp3) is 0.211. The van der Waals surface area contributed by atoms with E-state index in [1.807, 2.05) is 17.5 Å². The van der Waals surface area contributed by atoms with Crippen LogP contribution in [0.2, 0.25) is 0 Å². The lowest BCUT2D eigenvalue weighted by atomic mass is 10.2. The number of nitrogens with zero attached hydrogens (tertiary/aromatic N) is 2. The van der Waals surface area contributed by atoms with Gasteiger partial charge in [0.2, 0.25) is 11.7 Å². The zero-order valence-corrected chi connectivity index (χ0v) is 16.4. The zero-order chi connectivity index (χ0) is 20.1. The fourth-order valence-electron chi connectivity index (χ4n) is 2.61. The second-order valence-corrected chi connectivity index (χ2v) is 6.60. The lowest BCUT2D eigenvalue weighted by molar-refractivity contribution is -0.117. The molecule has 0 fully saturated rings. The molecule has 0 bridgehead atoms. The zero-order valence-electron chi connectivity index (χ0n) is 15.6. The Morgan fingerprint density at radius 2 is 1.82 bits per heavy atom. The van der Waals surface area contributed by atoms with E-state index < -0.39 is 5.91 Å². The summed E-state index contributed by atoms with van der Waals surface area (Å²) in [6.07, 6.45) is 0. The van der Waals surface area contributed by atoms with Crippen LogP contribution in [0.15, 0.2) is 46.6 Å². The molecular formula is C19H19N3O5S. The maximum absolute atomic E-state index is 12.5. The highest BCUT2D eigenvalue weighted by Crippen LogP contribution is 2.39. The molecule has 0 radical (unpaired) electrons. The van der Waals surface area contributed by atoms with Crippen molar-refractivity contribution in [1.29, 1.82) is 0 Å². The first-order valence-corrected chi connectivity index (χ1v) is 9.15. The first-order chi connectivity index (χ1) is 13.5. The van der Waals surface area contributed by atoms with Gasteiger partial charge in [0.05, 0.1) is 26.2 Å². The number of carbonyl (C=O) groups is 1. The van der Waals surface area contributed by atoms with Crippen molar-refractivity contribution in [3.8, 4) is 27.8 Å². The first kappa shape index (κ1) is 19.4. The minimum absolute atomic E-state index is 0.227. The van der Waals surface area contributed by atoms with Crippen LogP contribution in [0.3, 0.4) is 0 Å². The maximum Gasteiger partial charge on any atom is 0.267 e. The quantitative estimate of drug-likeness (QED) is 0.654.